The number of unbranched alkanes of at least 4 members (excludes halogenated alkanes) is 2. The first-order valence-electron chi connectivity index (χ1n) is 9.21. The maximum Gasteiger partial charge on any atom is 0.307 e. The molecule has 1 fully saturated rings. The van der Waals surface area contributed by atoms with Gasteiger partial charge in [0, 0.05) is 39.5 Å². The molecule has 2 amide bonds. The van der Waals surface area contributed by atoms with Gasteiger partial charge in [-0.3, -0.25) is 24.4 Å². The van der Waals surface area contributed by atoms with Gasteiger partial charge in [0.1, 0.15) is 0 Å². The monoisotopic (exact) mass is 386 g/mol. The zero-order valence-electron chi connectivity index (χ0n) is 15.7. The van der Waals surface area contributed by atoms with E-state index in [1.165, 1.54) is 6.92 Å². The number of rotatable bonds is 10. The molecule has 9 heteroatoms. The van der Waals surface area contributed by atoms with E-state index >= 15 is 0 Å². The number of thiocarbonyl (C=S) groups is 1. The molecule has 1 rings (SSSR count). The van der Waals surface area contributed by atoms with Gasteiger partial charge in [0.25, 0.3) is 0 Å². The van der Waals surface area contributed by atoms with Gasteiger partial charge in [-0.05, 0) is 38.4 Å². The van der Waals surface area contributed by atoms with Gasteiger partial charge in [0.2, 0.25) is 11.8 Å². The molecular formula is C17H30N4O4S. The number of nitrogens with zero attached hydrogens (tertiary/aromatic N) is 2. The molecule has 0 aromatic heterocycles. The van der Waals surface area contributed by atoms with Crippen molar-refractivity contribution in [3.05, 3.63) is 0 Å². The van der Waals surface area contributed by atoms with Crippen LogP contribution in [0.4, 0.5) is 0 Å². The minimum absolute atomic E-state index is 0.0299. The van der Waals surface area contributed by atoms with E-state index in [2.05, 4.69) is 10.6 Å². The summed E-state index contributed by atoms with van der Waals surface area (Å²) in [5.41, 5.74) is 0. The predicted octanol–water partition coefficient (Wildman–Crippen LogP) is 0.960. The normalized spacial score (nSPS) is 13.5. The lowest BCUT2D eigenvalue weighted by Crippen LogP contribution is -2.49. The van der Waals surface area contributed by atoms with Crippen molar-refractivity contribution in [2.75, 3.05) is 32.8 Å². The first kappa shape index (κ1) is 22.1. The number of hydrazine groups is 1. The van der Waals surface area contributed by atoms with Crippen LogP contribution in [0.25, 0.3) is 0 Å². The van der Waals surface area contributed by atoms with E-state index in [1.54, 1.807) is 16.9 Å². The molecule has 0 atom stereocenters. The zero-order chi connectivity index (χ0) is 19.4. The van der Waals surface area contributed by atoms with Crippen LogP contribution in [0.1, 0.15) is 52.4 Å². The Labute approximate surface area is 160 Å². The van der Waals surface area contributed by atoms with E-state index in [0.29, 0.717) is 44.3 Å². The Balaban J connectivity index is 2.27. The molecule has 0 aromatic rings. The number of carbonyl (C=O) groups excluding carboxylic acids is 3. The molecule has 0 bridgehead atoms. The van der Waals surface area contributed by atoms with Gasteiger partial charge >= 0.3 is 5.97 Å². The Hall–Kier alpha value is -1.90. The summed E-state index contributed by atoms with van der Waals surface area (Å²) < 4.78 is 4.87. The number of carbonyl (C=O) groups is 3. The van der Waals surface area contributed by atoms with E-state index in [4.69, 9.17) is 17.0 Å². The molecule has 0 aromatic carbocycles. The average Bonchev–Trinajstić information content (AvgIpc) is 3.07. The van der Waals surface area contributed by atoms with E-state index in [9.17, 15) is 14.4 Å². The van der Waals surface area contributed by atoms with Crippen molar-refractivity contribution in [1.29, 1.82) is 0 Å². The van der Waals surface area contributed by atoms with Crippen LogP contribution in [0.2, 0.25) is 0 Å². The fourth-order valence-electron chi connectivity index (χ4n) is 2.65. The lowest BCUT2D eigenvalue weighted by molar-refractivity contribution is -0.143. The van der Waals surface area contributed by atoms with E-state index < -0.39 is 0 Å². The summed E-state index contributed by atoms with van der Waals surface area (Å²) in [7, 11) is 0. The summed E-state index contributed by atoms with van der Waals surface area (Å²) in [6.07, 6.45) is 4.11. The fraction of sp³-hybridized carbons (Fsp3) is 0.765. The molecule has 8 nitrogen and oxygen atoms in total. The van der Waals surface area contributed by atoms with Crippen molar-refractivity contribution >= 4 is 35.1 Å². The van der Waals surface area contributed by atoms with Crippen LogP contribution >= 0.6 is 12.2 Å². The zero-order valence-corrected chi connectivity index (χ0v) is 16.5. The van der Waals surface area contributed by atoms with Crippen LogP contribution in [0.15, 0.2) is 0 Å². The molecule has 1 aliphatic rings. The highest BCUT2D eigenvalue weighted by Crippen LogP contribution is 2.14. The highest BCUT2D eigenvalue weighted by atomic mass is 32.1. The Morgan fingerprint density at radius 1 is 1.00 bits per heavy atom. The lowest BCUT2D eigenvalue weighted by Gasteiger charge is -2.30. The molecule has 0 unspecified atom stereocenters. The molecule has 148 valence electrons. The molecular weight excluding hydrogens is 356 g/mol. The highest BCUT2D eigenvalue weighted by Gasteiger charge is 2.28. The summed E-state index contributed by atoms with van der Waals surface area (Å²) in [6, 6.07) is 0. The maximum atomic E-state index is 12.4. The van der Waals surface area contributed by atoms with Crippen molar-refractivity contribution in [1.82, 2.24) is 20.7 Å². The number of esters is 1. The second-order valence-electron chi connectivity index (χ2n) is 6.07. The molecule has 0 saturated carbocycles. The van der Waals surface area contributed by atoms with Crippen LogP contribution in [0.5, 0.6) is 0 Å². The highest BCUT2D eigenvalue weighted by molar-refractivity contribution is 7.80. The molecule has 1 heterocycles. The van der Waals surface area contributed by atoms with Gasteiger partial charge in [-0.1, -0.05) is 6.42 Å². The van der Waals surface area contributed by atoms with E-state index in [0.717, 1.165) is 25.7 Å². The molecule has 0 spiro atoms. The quantitative estimate of drug-likeness (QED) is 0.328. The third-order valence-electron chi connectivity index (χ3n) is 3.91. The fourth-order valence-corrected chi connectivity index (χ4v) is 2.94. The van der Waals surface area contributed by atoms with Crippen LogP contribution in [-0.4, -0.2) is 65.7 Å². The Bertz CT molecular complexity index is 501. The number of hydrogen-bond donors (Lipinski definition) is 2. The Morgan fingerprint density at radius 2 is 1.73 bits per heavy atom. The largest absolute Gasteiger partial charge is 0.466 e. The predicted molar refractivity (Wildman–Crippen MR) is 102 cm³/mol. The topological polar surface area (TPSA) is 91.0 Å². The summed E-state index contributed by atoms with van der Waals surface area (Å²) in [6.45, 7) is 6.01. The molecule has 2 N–H and O–H groups in total. The minimum Gasteiger partial charge on any atom is -0.466 e. The second-order valence-corrected chi connectivity index (χ2v) is 6.46. The van der Waals surface area contributed by atoms with Crippen molar-refractivity contribution in [2.24, 2.45) is 0 Å². The van der Waals surface area contributed by atoms with Crippen LogP contribution < -0.4 is 10.6 Å². The van der Waals surface area contributed by atoms with E-state index in [-0.39, 0.29) is 24.2 Å². The van der Waals surface area contributed by atoms with Gasteiger partial charge in [0.15, 0.2) is 5.11 Å². The van der Waals surface area contributed by atoms with Crippen molar-refractivity contribution < 1.29 is 19.1 Å². The molecule has 26 heavy (non-hydrogen) atoms. The summed E-state index contributed by atoms with van der Waals surface area (Å²) in [5, 5.41) is 9.69. The summed E-state index contributed by atoms with van der Waals surface area (Å²) in [5.74, 6) is -0.245. The standard InChI is InChI=1S/C17H30N4O4S/c1-3-25-16(24)9-11-19-17(26)21-13-7-12-20(21)15(23)8-5-4-6-10-18-14(2)22/h3-13H2,1-2H3,(H,18,22)(H,19,26). The molecule has 1 aliphatic heterocycles. The molecule has 0 aliphatic carbocycles. The first-order chi connectivity index (χ1) is 12.5. The summed E-state index contributed by atoms with van der Waals surface area (Å²) in [4.78, 5) is 34.5. The van der Waals surface area contributed by atoms with Crippen LogP contribution in [-0.2, 0) is 19.1 Å². The Morgan fingerprint density at radius 3 is 2.42 bits per heavy atom. The third-order valence-corrected chi connectivity index (χ3v) is 4.26. The lowest BCUT2D eigenvalue weighted by atomic mass is 10.2. The third kappa shape index (κ3) is 8.46. The van der Waals surface area contributed by atoms with Crippen molar-refractivity contribution in [3.63, 3.8) is 0 Å². The SMILES string of the molecule is CCOC(=O)CCNC(=S)N1CCCN1C(=O)CCCCCNC(C)=O. The number of amides is 2. The van der Waals surface area contributed by atoms with Crippen LogP contribution in [0, 0.1) is 0 Å². The average molecular weight is 387 g/mol. The number of hydrogen-bond acceptors (Lipinski definition) is 5. The smallest absolute Gasteiger partial charge is 0.307 e. The molecule has 0 radical (unpaired) electrons. The van der Waals surface area contributed by atoms with Gasteiger partial charge in [0.05, 0.1) is 13.0 Å². The number of ether oxygens (including phenoxy) is 1. The van der Waals surface area contributed by atoms with Crippen molar-refractivity contribution in [2.45, 2.75) is 52.4 Å². The van der Waals surface area contributed by atoms with Crippen LogP contribution in [0.3, 0.4) is 0 Å². The van der Waals surface area contributed by atoms with Gasteiger partial charge in [-0.15, -0.1) is 0 Å². The second kappa shape index (κ2) is 12.5. The molecule has 1 saturated heterocycles. The van der Waals surface area contributed by atoms with Gasteiger partial charge in [-0.25, -0.2) is 0 Å². The number of nitrogens with one attached hydrogen (secondary N) is 2. The van der Waals surface area contributed by atoms with Gasteiger partial charge < -0.3 is 15.4 Å². The Kier molecular flexibility index (Phi) is 10.6. The minimum atomic E-state index is -0.267. The van der Waals surface area contributed by atoms with E-state index in [1.807, 2.05) is 0 Å². The first-order valence-corrected chi connectivity index (χ1v) is 9.62. The summed E-state index contributed by atoms with van der Waals surface area (Å²) >= 11 is 5.35. The maximum absolute atomic E-state index is 12.4. The van der Waals surface area contributed by atoms with Gasteiger partial charge in [-0.2, -0.15) is 0 Å². The van der Waals surface area contributed by atoms with Crippen molar-refractivity contribution in [3.8, 4) is 0 Å².